The molecule has 5 aromatic carbocycles. The predicted octanol–water partition coefficient (Wildman–Crippen LogP) is 9.49. The summed E-state index contributed by atoms with van der Waals surface area (Å²) in [5.41, 5.74) is 8.07. The lowest BCUT2D eigenvalue weighted by atomic mass is 9.89. The zero-order valence-corrected chi connectivity index (χ0v) is 20.5. The lowest BCUT2D eigenvalue weighted by Gasteiger charge is -2.16. The fourth-order valence-corrected chi connectivity index (χ4v) is 5.34. The Bertz CT molecular complexity index is 2000. The second-order valence-electron chi connectivity index (χ2n) is 9.35. The number of hydrogen-bond donors (Lipinski definition) is 0. The third-order valence-electron chi connectivity index (χ3n) is 7.17. The summed E-state index contributed by atoms with van der Waals surface area (Å²) in [6, 6.07) is 39.7. The number of hydrogen-bond acceptors (Lipinski definition) is 2. The van der Waals surface area contributed by atoms with E-state index in [9.17, 15) is 0 Å². The number of rotatable bonds is 3. The van der Waals surface area contributed by atoms with Crippen molar-refractivity contribution in [2.24, 2.45) is 0 Å². The van der Waals surface area contributed by atoms with Crippen LogP contribution >= 0.6 is 0 Å². The van der Waals surface area contributed by atoms with E-state index in [0.717, 1.165) is 44.2 Å². The third-order valence-corrected chi connectivity index (χ3v) is 7.17. The highest BCUT2D eigenvalue weighted by molar-refractivity contribution is 6.25. The van der Waals surface area contributed by atoms with Gasteiger partial charge in [0.15, 0.2) is 5.69 Å². The van der Waals surface area contributed by atoms with E-state index >= 15 is 0 Å². The molecule has 0 N–H and O–H groups in total. The Balaban J connectivity index is 1.54. The van der Waals surface area contributed by atoms with Crippen LogP contribution in [0.25, 0.3) is 70.8 Å². The Morgan fingerprint density at radius 1 is 0.553 bits per heavy atom. The average Bonchev–Trinajstić information content (AvgIpc) is 3.00. The van der Waals surface area contributed by atoms with Crippen LogP contribution in [0.2, 0.25) is 0 Å². The summed E-state index contributed by atoms with van der Waals surface area (Å²) < 4.78 is 0. The standard InChI is InChI=1S/C35H21N3/c1-36-27-18-16-25(17-19-27)35-32-21-31(24-14-12-23(13-15-24)26-7-6-20-37-22-26)28-8-2-3-9-29(28)34(32)30-10-4-5-11-33(30)38-35/h2-22H. The summed E-state index contributed by atoms with van der Waals surface area (Å²) in [4.78, 5) is 13.0. The van der Waals surface area contributed by atoms with Crippen molar-refractivity contribution in [3.8, 4) is 33.5 Å². The van der Waals surface area contributed by atoms with Gasteiger partial charge in [-0.05, 0) is 56.8 Å². The van der Waals surface area contributed by atoms with Crippen LogP contribution in [0.15, 0.2) is 128 Å². The number of nitrogens with zero attached hydrogens (tertiary/aromatic N) is 3. The second kappa shape index (κ2) is 8.96. The van der Waals surface area contributed by atoms with E-state index in [-0.39, 0.29) is 0 Å². The summed E-state index contributed by atoms with van der Waals surface area (Å²) in [5.74, 6) is 0. The predicted molar refractivity (Wildman–Crippen MR) is 157 cm³/mol. The fourth-order valence-electron chi connectivity index (χ4n) is 5.34. The van der Waals surface area contributed by atoms with E-state index in [0.29, 0.717) is 5.69 Å². The fraction of sp³-hybridized carbons (Fsp3) is 0. The summed E-state index contributed by atoms with van der Waals surface area (Å²) in [5, 5.41) is 5.85. The Morgan fingerprint density at radius 3 is 1.97 bits per heavy atom. The number of aromatic nitrogens is 2. The number of fused-ring (bicyclic) bond motifs is 5. The molecule has 0 saturated carbocycles. The second-order valence-corrected chi connectivity index (χ2v) is 9.35. The molecule has 3 heteroatoms. The Labute approximate surface area is 220 Å². The molecule has 176 valence electrons. The van der Waals surface area contributed by atoms with Gasteiger partial charge in [0.1, 0.15) is 0 Å². The van der Waals surface area contributed by atoms with E-state index in [1.54, 1.807) is 6.20 Å². The highest BCUT2D eigenvalue weighted by atomic mass is 14.7. The molecule has 2 aromatic heterocycles. The largest absolute Gasteiger partial charge is 0.264 e. The van der Waals surface area contributed by atoms with E-state index in [1.165, 1.54) is 21.7 Å². The van der Waals surface area contributed by atoms with Crippen molar-refractivity contribution in [2.45, 2.75) is 0 Å². The van der Waals surface area contributed by atoms with Gasteiger partial charge >= 0.3 is 0 Å². The topological polar surface area (TPSA) is 30.1 Å². The van der Waals surface area contributed by atoms with Gasteiger partial charge in [-0.2, -0.15) is 0 Å². The first-order valence-electron chi connectivity index (χ1n) is 12.5. The first-order valence-corrected chi connectivity index (χ1v) is 12.5. The van der Waals surface area contributed by atoms with Gasteiger partial charge < -0.3 is 0 Å². The van der Waals surface area contributed by atoms with Crippen LogP contribution < -0.4 is 0 Å². The molecule has 0 amide bonds. The number of benzene rings is 5. The van der Waals surface area contributed by atoms with Crippen LogP contribution in [0, 0.1) is 6.57 Å². The van der Waals surface area contributed by atoms with Gasteiger partial charge in [-0.15, -0.1) is 0 Å². The van der Waals surface area contributed by atoms with Crippen LogP contribution in [0.1, 0.15) is 0 Å². The molecule has 0 aliphatic carbocycles. The molecule has 0 radical (unpaired) electrons. The van der Waals surface area contributed by atoms with Crippen LogP contribution in [0.3, 0.4) is 0 Å². The quantitative estimate of drug-likeness (QED) is 0.185. The number of pyridine rings is 2. The Hall–Kier alpha value is -5.33. The molecule has 0 unspecified atom stereocenters. The Kier molecular flexibility index (Phi) is 5.17. The van der Waals surface area contributed by atoms with Crippen LogP contribution in [0.4, 0.5) is 5.69 Å². The van der Waals surface area contributed by atoms with Gasteiger partial charge in [-0.25, -0.2) is 9.83 Å². The van der Waals surface area contributed by atoms with E-state index in [2.05, 4.69) is 88.7 Å². The molecule has 0 fully saturated rings. The van der Waals surface area contributed by atoms with Crippen molar-refractivity contribution in [3.05, 3.63) is 139 Å². The minimum Gasteiger partial charge on any atom is -0.264 e. The zero-order valence-electron chi connectivity index (χ0n) is 20.5. The molecule has 0 bridgehead atoms. The highest BCUT2D eigenvalue weighted by Gasteiger charge is 2.16. The van der Waals surface area contributed by atoms with Crippen molar-refractivity contribution >= 4 is 38.1 Å². The molecular weight excluding hydrogens is 462 g/mol. The van der Waals surface area contributed by atoms with E-state index in [1.807, 2.05) is 42.6 Å². The molecule has 38 heavy (non-hydrogen) atoms. The maximum Gasteiger partial charge on any atom is 0.187 e. The van der Waals surface area contributed by atoms with E-state index in [4.69, 9.17) is 11.6 Å². The molecule has 0 aliphatic rings. The molecule has 7 aromatic rings. The van der Waals surface area contributed by atoms with Gasteiger partial charge in [0, 0.05) is 28.6 Å². The molecule has 0 aliphatic heterocycles. The molecular formula is C35H21N3. The Morgan fingerprint density at radius 2 is 1.24 bits per heavy atom. The maximum absolute atomic E-state index is 7.35. The van der Waals surface area contributed by atoms with Crippen molar-refractivity contribution in [3.63, 3.8) is 0 Å². The molecule has 0 atom stereocenters. The van der Waals surface area contributed by atoms with Gasteiger partial charge in [-0.3, -0.25) is 4.98 Å². The molecule has 7 rings (SSSR count). The summed E-state index contributed by atoms with van der Waals surface area (Å²) in [7, 11) is 0. The van der Waals surface area contributed by atoms with Gasteiger partial charge in [0.05, 0.1) is 17.8 Å². The van der Waals surface area contributed by atoms with Crippen LogP contribution in [-0.2, 0) is 0 Å². The smallest absolute Gasteiger partial charge is 0.187 e. The highest BCUT2D eigenvalue weighted by Crippen LogP contribution is 2.42. The zero-order chi connectivity index (χ0) is 25.5. The number of para-hydroxylation sites is 1. The summed E-state index contributed by atoms with van der Waals surface area (Å²) in [6.45, 7) is 7.35. The molecule has 0 saturated heterocycles. The van der Waals surface area contributed by atoms with Crippen molar-refractivity contribution in [2.75, 3.05) is 0 Å². The van der Waals surface area contributed by atoms with Crippen LogP contribution in [0.5, 0.6) is 0 Å². The monoisotopic (exact) mass is 483 g/mol. The molecule has 0 spiro atoms. The van der Waals surface area contributed by atoms with Crippen molar-refractivity contribution in [1.29, 1.82) is 0 Å². The lowest BCUT2D eigenvalue weighted by molar-refractivity contribution is 1.33. The van der Waals surface area contributed by atoms with E-state index < -0.39 is 0 Å². The average molecular weight is 484 g/mol. The maximum atomic E-state index is 7.35. The summed E-state index contributed by atoms with van der Waals surface area (Å²) >= 11 is 0. The first-order chi connectivity index (χ1) is 18.8. The summed E-state index contributed by atoms with van der Waals surface area (Å²) in [6.07, 6.45) is 3.69. The SMILES string of the molecule is [C-]#[N+]c1ccc(-c2nc3ccccc3c3c2cc(-c2ccc(-c4cccnc4)cc2)c2ccccc23)cc1. The minimum absolute atomic E-state index is 0.624. The lowest BCUT2D eigenvalue weighted by Crippen LogP contribution is -1.93. The van der Waals surface area contributed by atoms with Gasteiger partial charge in [0.2, 0.25) is 0 Å². The normalized spacial score (nSPS) is 11.1. The first kappa shape index (κ1) is 21.9. The molecule has 2 heterocycles. The third kappa shape index (κ3) is 3.59. The van der Waals surface area contributed by atoms with Gasteiger partial charge in [-0.1, -0.05) is 97.1 Å². The molecule has 3 nitrogen and oxygen atoms in total. The minimum atomic E-state index is 0.624. The van der Waals surface area contributed by atoms with Crippen LogP contribution in [-0.4, -0.2) is 9.97 Å². The van der Waals surface area contributed by atoms with Crippen molar-refractivity contribution in [1.82, 2.24) is 9.97 Å². The van der Waals surface area contributed by atoms with Crippen molar-refractivity contribution < 1.29 is 0 Å². The van der Waals surface area contributed by atoms with Gasteiger partial charge in [0.25, 0.3) is 0 Å².